The summed E-state index contributed by atoms with van der Waals surface area (Å²) >= 11 is 3.66. The number of methoxy groups -OCH3 is 1. The Balaban J connectivity index is 1.91. The molecule has 1 unspecified atom stereocenters. The molecule has 0 fully saturated rings. The first-order valence-electron chi connectivity index (χ1n) is 5.22. The van der Waals surface area contributed by atoms with Crippen LogP contribution in [-0.4, -0.2) is 24.1 Å². The highest BCUT2D eigenvalue weighted by molar-refractivity contribution is 8.01. The summed E-state index contributed by atoms with van der Waals surface area (Å²) in [7, 11) is 1.74. The van der Waals surface area contributed by atoms with Crippen LogP contribution in [0.3, 0.4) is 0 Å². The number of ether oxygens (including phenoxy) is 1. The van der Waals surface area contributed by atoms with Gasteiger partial charge in [0.15, 0.2) is 0 Å². The summed E-state index contributed by atoms with van der Waals surface area (Å²) in [5.74, 6) is 0. The molecule has 1 aromatic heterocycles. The van der Waals surface area contributed by atoms with Gasteiger partial charge in [-0.2, -0.15) is 0 Å². The fourth-order valence-corrected chi connectivity index (χ4v) is 4.54. The molecule has 2 atom stereocenters. The van der Waals surface area contributed by atoms with Gasteiger partial charge >= 0.3 is 0 Å². The molecule has 0 bridgehead atoms. The molecule has 2 nitrogen and oxygen atoms in total. The summed E-state index contributed by atoms with van der Waals surface area (Å²) in [4.78, 5) is 0. The smallest absolute Gasteiger partial charge is 0.0819 e. The van der Waals surface area contributed by atoms with Crippen molar-refractivity contribution in [2.45, 2.75) is 34.8 Å². The first-order chi connectivity index (χ1) is 7.31. The molecule has 0 radical (unpaired) electrons. The van der Waals surface area contributed by atoms with Crippen molar-refractivity contribution in [3.05, 3.63) is 17.0 Å². The van der Waals surface area contributed by atoms with E-state index in [1.165, 1.54) is 4.21 Å². The van der Waals surface area contributed by atoms with Gasteiger partial charge in [0.25, 0.3) is 0 Å². The van der Waals surface area contributed by atoms with Gasteiger partial charge in [-0.1, -0.05) is 0 Å². The number of fused-ring (bicyclic) bond motifs is 1. The van der Waals surface area contributed by atoms with Crippen molar-refractivity contribution in [2.24, 2.45) is 0 Å². The van der Waals surface area contributed by atoms with Gasteiger partial charge in [0, 0.05) is 24.5 Å². The molecule has 1 aliphatic heterocycles. The van der Waals surface area contributed by atoms with Crippen LogP contribution in [0.25, 0.3) is 0 Å². The van der Waals surface area contributed by atoms with Crippen molar-refractivity contribution < 1.29 is 9.84 Å². The maximum atomic E-state index is 9.94. The van der Waals surface area contributed by atoms with E-state index < -0.39 is 0 Å². The van der Waals surface area contributed by atoms with E-state index in [2.05, 4.69) is 5.38 Å². The van der Waals surface area contributed by atoms with Gasteiger partial charge in [0.2, 0.25) is 0 Å². The Kier molecular flexibility index (Phi) is 4.08. The zero-order valence-corrected chi connectivity index (χ0v) is 10.4. The van der Waals surface area contributed by atoms with Crippen molar-refractivity contribution in [1.29, 1.82) is 0 Å². The molecule has 2 rings (SSSR count). The standard InChI is InChI=1S/C11H16O2S2/c1-13-5-2-3-8-7-10(12)9-4-6-14-11(9)15-8/h4,6,8,10,12H,2-3,5,7H2,1H3/t8?,10-/m1/s1. The Hall–Kier alpha value is -0.0300. The van der Waals surface area contributed by atoms with Gasteiger partial charge < -0.3 is 9.84 Å². The maximum absolute atomic E-state index is 9.94. The Morgan fingerprint density at radius 3 is 3.27 bits per heavy atom. The minimum Gasteiger partial charge on any atom is -0.388 e. The topological polar surface area (TPSA) is 29.5 Å². The first kappa shape index (κ1) is 11.5. The SMILES string of the molecule is COCCCC1C[C@@H](O)c2ccsc2S1. The van der Waals surface area contributed by atoms with Crippen molar-refractivity contribution in [2.75, 3.05) is 13.7 Å². The van der Waals surface area contributed by atoms with Crippen molar-refractivity contribution >= 4 is 23.1 Å². The molecule has 2 heterocycles. The van der Waals surface area contributed by atoms with E-state index in [0.717, 1.165) is 31.4 Å². The van der Waals surface area contributed by atoms with Gasteiger partial charge in [-0.05, 0) is 30.7 Å². The van der Waals surface area contributed by atoms with E-state index >= 15 is 0 Å². The number of thioether (sulfide) groups is 1. The molecule has 1 aliphatic rings. The maximum Gasteiger partial charge on any atom is 0.0819 e. The number of rotatable bonds is 4. The molecule has 0 aromatic carbocycles. The number of aliphatic hydroxyl groups excluding tert-OH is 1. The molecule has 0 spiro atoms. The fourth-order valence-electron chi connectivity index (χ4n) is 1.86. The zero-order valence-electron chi connectivity index (χ0n) is 8.81. The van der Waals surface area contributed by atoms with E-state index in [-0.39, 0.29) is 6.10 Å². The molecule has 0 amide bonds. The van der Waals surface area contributed by atoms with E-state index in [4.69, 9.17) is 4.74 Å². The predicted molar refractivity (Wildman–Crippen MR) is 64.7 cm³/mol. The van der Waals surface area contributed by atoms with E-state index in [1.54, 1.807) is 18.4 Å². The largest absolute Gasteiger partial charge is 0.388 e. The fraction of sp³-hybridized carbons (Fsp3) is 0.636. The van der Waals surface area contributed by atoms with Crippen LogP contribution in [0.4, 0.5) is 0 Å². The Morgan fingerprint density at radius 2 is 2.47 bits per heavy atom. The second-order valence-corrected chi connectivity index (χ2v) is 6.27. The Labute approximate surface area is 98.7 Å². The average molecular weight is 244 g/mol. The Morgan fingerprint density at radius 1 is 1.60 bits per heavy atom. The van der Waals surface area contributed by atoms with Gasteiger partial charge in [-0.15, -0.1) is 23.1 Å². The van der Waals surface area contributed by atoms with Gasteiger partial charge in [0.05, 0.1) is 10.3 Å². The van der Waals surface area contributed by atoms with Crippen molar-refractivity contribution in [1.82, 2.24) is 0 Å². The molecule has 4 heteroatoms. The van der Waals surface area contributed by atoms with E-state index in [1.807, 2.05) is 17.8 Å². The summed E-state index contributed by atoms with van der Waals surface area (Å²) < 4.78 is 6.35. The van der Waals surface area contributed by atoms with Crippen LogP contribution < -0.4 is 0 Å². The quantitative estimate of drug-likeness (QED) is 0.825. The van der Waals surface area contributed by atoms with Crippen LogP contribution >= 0.6 is 23.1 Å². The van der Waals surface area contributed by atoms with Crippen LogP contribution in [0.15, 0.2) is 15.7 Å². The monoisotopic (exact) mass is 244 g/mol. The summed E-state index contributed by atoms with van der Waals surface area (Å²) in [5.41, 5.74) is 1.13. The van der Waals surface area contributed by atoms with Crippen LogP contribution in [0.1, 0.15) is 30.9 Å². The van der Waals surface area contributed by atoms with Crippen LogP contribution in [0.2, 0.25) is 0 Å². The van der Waals surface area contributed by atoms with Crippen molar-refractivity contribution in [3.63, 3.8) is 0 Å². The third kappa shape index (κ3) is 2.75. The predicted octanol–water partition coefficient (Wildman–Crippen LogP) is 3.07. The minimum atomic E-state index is -0.250. The average Bonchev–Trinajstić information content (AvgIpc) is 2.66. The lowest BCUT2D eigenvalue weighted by atomic mass is 10.0. The molecule has 0 aliphatic carbocycles. The molecular formula is C11H16O2S2. The third-order valence-electron chi connectivity index (χ3n) is 2.65. The molecule has 15 heavy (non-hydrogen) atoms. The highest BCUT2D eigenvalue weighted by Crippen LogP contribution is 2.45. The lowest BCUT2D eigenvalue weighted by molar-refractivity contribution is 0.156. The number of hydrogen-bond acceptors (Lipinski definition) is 4. The lowest BCUT2D eigenvalue weighted by Gasteiger charge is -2.25. The molecule has 1 N–H and O–H groups in total. The van der Waals surface area contributed by atoms with Crippen LogP contribution in [0.5, 0.6) is 0 Å². The summed E-state index contributed by atoms with van der Waals surface area (Å²) in [5, 5.41) is 12.6. The van der Waals surface area contributed by atoms with E-state index in [9.17, 15) is 5.11 Å². The summed E-state index contributed by atoms with van der Waals surface area (Å²) in [6.45, 7) is 0.824. The molecule has 84 valence electrons. The van der Waals surface area contributed by atoms with Gasteiger partial charge in [0.1, 0.15) is 0 Å². The second-order valence-electron chi connectivity index (χ2n) is 3.79. The summed E-state index contributed by atoms with van der Waals surface area (Å²) in [6.07, 6.45) is 2.85. The third-order valence-corrected chi connectivity index (χ3v) is 5.16. The zero-order chi connectivity index (χ0) is 10.7. The summed E-state index contributed by atoms with van der Waals surface area (Å²) in [6, 6.07) is 2.04. The first-order valence-corrected chi connectivity index (χ1v) is 6.98. The Bertz CT molecular complexity index is 311. The number of aliphatic hydroxyl groups is 1. The molecule has 0 saturated heterocycles. The highest BCUT2D eigenvalue weighted by Gasteiger charge is 2.26. The molecule has 1 aromatic rings. The normalized spacial score (nSPS) is 25.2. The van der Waals surface area contributed by atoms with Crippen LogP contribution in [-0.2, 0) is 4.74 Å². The van der Waals surface area contributed by atoms with Gasteiger partial charge in [-0.25, -0.2) is 0 Å². The molecule has 0 saturated carbocycles. The van der Waals surface area contributed by atoms with Crippen LogP contribution in [0, 0.1) is 0 Å². The van der Waals surface area contributed by atoms with Crippen molar-refractivity contribution in [3.8, 4) is 0 Å². The van der Waals surface area contributed by atoms with Gasteiger partial charge in [-0.3, -0.25) is 0 Å². The number of hydrogen-bond donors (Lipinski definition) is 1. The van der Waals surface area contributed by atoms with E-state index in [0.29, 0.717) is 5.25 Å². The minimum absolute atomic E-state index is 0.250. The lowest BCUT2D eigenvalue weighted by Crippen LogP contribution is -2.14. The number of thiophene rings is 1. The molecular weight excluding hydrogens is 228 g/mol. The second kappa shape index (κ2) is 5.34. The highest BCUT2D eigenvalue weighted by atomic mass is 32.2.